The molecule has 0 radical (unpaired) electrons. The molecule has 7 heteroatoms. The van der Waals surface area contributed by atoms with Gasteiger partial charge in [-0.25, -0.2) is 9.97 Å². The molecular formula is C15H15N3OS3. The van der Waals surface area contributed by atoms with Crippen LogP contribution in [0.1, 0.15) is 12.6 Å². The lowest BCUT2D eigenvalue weighted by molar-refractivity contribution is -0.116. The van der Waals surface area contributed by atoms with Crippen molar-refractivity contribution in [3.05, 3.63) is 35.3 Å². The average molecular weight is 350 g/mol. The molecule has 22 heavy (non-hydrogen) atoms. The second-order valence-corrected chi connectivity index (χ2v) is 7.74. The summed E-state index contributed by atoms with van der Waals surface area (Å²) in [6, 6.07) is 7.95. The Morgan fingerprint density at radius 1 is 1.32 bits per heavy atom. The number of thioether (sulfide) groups is 1. The molecule has 0 aliphatic heterocycles. The number of aromatic nitrogens is 2. The van der Waals surface area contributed by atoms with Gasteiger partial charge in [-0.05, 0) is 26.0 Å². The van der Waals surface area contributed by atoms with E-state index in [9.17, 15) is 4.79 Å². The Kier molecular flexibility index (Phi) is 4.75. The van der Waals surface area contributed by atoms with Crippen molar-refractivity contribution in [1.29, 1.82) is 0 Å². The Bertz CT molecular complexity index is 763. The van der Waals surface area contributed by atoms with Gasteiger partial charge < -0.3 is 0 Å². The molecular weight excluding hydrogens is 334 g/mol. The van der Waals surface area contributed by atoms with E-state index in [0.717, 1.165) is 25.4 Å². The van der Waals surface area contributed by atoms with Gasteiger partial charge in [0.05, 0.1) is 16.0 Å². The van der Waals surface area contributed by atoms with Crippen LogP contribution in [0.5, 0.6) is 0 Å². The number of anilines is 1. The Hall–Kier alpha value is -1.44. The number of thiazole rings is 2. The highest BCUT2D eigenvalue weighted by atomic mass is 32.2. The Morgan fingerprint density at radius 3 is 2.82 bits per heavy atom. The first-order valence-corrected chi connectivity index (χ1v) is 9.56. The molecule has 0 N–H and O–H groups in total. The third-order valence-corrected chi connectivity index (χ3v) is 6.23. The summed E-state index contributed by atoms with van der Waals surface area (Å²) in [7, 11) is 0. The summed E-state index contributed by atoms with van der Waals surface area (Å²) in [6.45, 7) is 4.56. The summed E-state index contributed by atoms with van der Waals surface area (Å²) in [5.41, 5.74) is 1.94. The molecule has 0 bridgehead atoms. The van der Waals surface area contributed by atoms with Crippen LogP contribution in [0.15, 0.2) is 34.0 Å². The van der Waals surface area contributed by atoms with E-state index >= 15 is 0 Å². The molecule has 0 aliphatic carbocycles. The number of hydrogen-bond acceptors (Lipinski definition) is 6. The molecule has 0 saturated carbocycles. The Labute approximate surface area is 141 Å². The summed E-state index contributed by atoms with van der Waals surface area (Å²) in [4.78, 5) is 23.2. The maximum Gasteiger partial charge on any atom is 0.239 e. The fourth-order valence-electron chi connectivity index (χ4n) is 1.99. The summed E-state index contributed by atoms with van der Waals surface area (Å²) in [5, 5.41) is 2.77. The largest absolute Gasteiger partial charge is 0.288 e. The summed E-state index contributed by atoms with van der Waals surface area (Å²) in [5.74, 6) is 0.455. The first kappa shape index (κ1) is 15.5. The molecule has 2 heterocycles. The van der Waals surface area contributed by atoms with Crippen LogP contribution in [0.3, 0.4) is 0 Å². The minimum atomic E-state index is 0.0689. The number of rotatable bonds is 5. The van der Waals surface area contributed by atoms with Crippen molar-refractivity contribution in [3.63, 3.8) is 0 Å². The van der Waals surface area contributed by atoms with Crippen LogP contribution in [0.4, 0.5) is 5.13 Å². The standard InChI is InChI=1S/C15H15N3OS3/c1-3-18(13(19)9-21-15-16-10(2)8-20-15)14-17-11-6-4-5-7-12(11)22-14/h4-8H,3,9H2,1-2H3. The first-order valence-electron chi connectivity index (χ1n) is 6.88. The Balaban J connectivity index is 1.73. The van der Waals surface area contributed by atoms with Crippen LogP contribution in [0, 0.1) is 6.92 Å². The molecule has 0 spiro atoms. The fourth-order valence-corrected chi connectivity index (χ4v) is 4.77. The predicted molar refractivity (Wildman–Crippen MR) is 95.2 cm³/mol. The zero-order valence-corrected chi connectivity index (χ0v) is 14.7. The van der Waals surface area contributed by atoms with E-state index in [4.69, 9.17) is 0 Å². The van der Waals surface area contributed by atoms with Gasteiger partial charge in [0.15, 0.2) is 9.47 Å². The van der Waals surface area contributed by atoms with E-state index in [1.54, 1.807) is 27.6 Å². The molecule has 114 valence electrons. The van der Waals surface area contributed by atoms with Crippen molar-refractivity contribution in [2.45, 2.75) is 18.2 Å². The van der Waals surface area contributed by atoms with E-state index in [0.29, 0.717) is 12.3 Å². The number of hydrogen-bond donors (Lipinski definition) is 0. The normalized spacial score (nSPS) is 11.0. The van der Waals surface area contributed by atoms with Crippen molar-refractivity contribution in [2.24, 2.45) is 0 Å². The summed E-state index contributed by atoms with van der Waals surface area (Å²) in [6.07, 6.45) is 0. The van der Waals surface area contributed by atoms with E-state index in [1.165, 1.54) is 11.8 Å². The number of benzene rings is 1. The quantitative estimate of drug-likeness (QED) is 0.648. The summed E-state index contributed by atoms with van der Waals surface area (Å²) < 4.78 is 2.04. The molecule has 0 unspecified atom stereocenters. The van der Waals surface area contributed by atoms with E-state index in [2.05, 4.69) is 9.97 Å². The third kappa shape index (κ3) is 3.31. The van der Waals surface area contributed by atoms with Gasteiger partial charge in [-0.15, -0.1) is 11.3 Å². The van der Waals surface area contributed by atoms with Gasteiger partial charge in [0.1, 0.15) is 0 Å². The van der Waals surface area contributed by atoms with Gasteiger partial charge in [0.25, 0.3) is 0 Å². The number of aryl methyl sites for hydroxylation is 1. The highest BCUT2D eigenvalue weighted by molar-refractivity contribution is 8.01. The van der Waals surface area contributed by atoms with E-state index in [-0.39, 0.29) is 5.91 Å². The molecule has 1 aromatic carbocycles. The van der Waals surface area contributed by atoms with Crippen molar-refractivity contribution in [2.75, 3.05) is 17.2 Å². The Morgan fingerprint density at radius 2 is 2.14 bits per heavy atom. The molecule has 1 amide bonds. The second kappa shape index (κ2) is 6.76. The monoisotopic (exact) mass is 349 g/mol. The molecule has 3 rings (SSSR count). The number of carbonyl (C=O) groups excluding carboxylic acids is 1. The van der Waals surface area contributed by atoms with Crippen LogP contribution in [0.25, 0.3) is 10.2 Å². The van der Waals surface area contributed by atoms with Gasteiger partial charge in [-0.2, -0.15) is 0 Å². The number of carbonyl (C=O) groups is 1. The molecule has 4 nitrogen and oxygen atoms in total. The van der Waals surface area contributed by atoms with Crippen LogP contribution in [-0.4, -0.2) is 28.2 Å². The van der Waals surface area contributed by atoms with Crippen molar-refractivity contribution in [1.82, 2.24) is 9.97 Å². The lowest BCUT2D eigenvalue weighted by atomic mass is 10.3. The zero-order valence-electron chi connectivity index (χ0n) is 12.3. The molecule has 3 aromatic rings. The lowest BCUT2D eigenvalue weighted by Gasteiger charge is -2.16. The highest BCUT2D eigenvalue weighted by Gasteiger charge is 2.18. The maximum absolute atomic E-state index is 12.5. The topological polar surface area (TPSA) is 46.1 Å². The number of para-hydroxylation sites is 1. The van der Waals surface area contributed by atoms with Gasteiger partial charge in [0.2, 0.25) is 5.91 Å². The van der Waals surface area contributed by atoms with Gasteiger partial charge in [-0.1, -0.05) is 35.2 Å². The van der Waals surface area contributed by atoms with Gasteiger partial charge in [-0.3, -0.25) is 9.69 Å². The van der Waals surface area contributed by atoms with Gasteiger partial charge >= 0.3 is 0 Å². The average Bonchev–Trinajstić information content (AvgIpc) is 3.11. The zero-order chi connectivity index (χ0) is 15.5. The highest BCUT2D eigenvalue weighted by Crippen LogP contribution is 2.29. The minimum Gasteiger partial charge on any atom is -0.288 e. The van der Waals surface area contributed by atoms with Crippen LogP contribution in [0.2, 0.25) is 0 Å². The minimum absolute atomic E-state index is 0.0689. The second-order valence-electron chi connectivity index (χ2n) is 4.65. The smallest absolute Gasteiger partial charge is 0.239 e. The van der Waals surface area contributed by atoms with Crippen LogP contribution < -0.4 is 4.90 Å². The molecule has 0 atom stereocenters. The first-order chi connectivity index (χ1) is 10.7. The molecule has 0 fully saturated rings. The van der Waals surface area contributed by atoms with Crippen LogP contribution >= 0.6 is 34.4 Å². The molecule has 2 aromatic heterocycles. The molecule has 0 aliphatic rings. The van der Waals surface area contributed by atoms with Crippen molar-refractivity contribution >= 4 is 55.7 Å². The SMILES string of the molecule is CCN(C(=O)CSc1nc(C)cs1)c1nc2ccccc2s1. The van der Waals surface area contributed by atoms with Crippen molar-refractivity contribution in [3.8, 4) is 0 Å². The fraction of sp³-hybridized carbons (Fsp3) is 0.267. The predicted octanol–water partition coefficient (Wildman–Crippen LogP) is 4.21. The van der Waals surface area contributed by atoms with Crippen molar-refractivity contribution < 1.29 is 4.79 Å². The molecule has 0 saturated heterocycles. The van der Waals surface area contributed by atoms with E-state index < -0.39 is 0 Å². The third-order valence-electron chi connectivity index (χ3n) is 3.05. The van der Waals surface area contributed by atoms with E-state index in [1.807, 2.05) is 43.5 Å². The number of amides is 1. The lowest BCUT2D eigenvalue weighted by Crippen LogP contribution is -2.31. The number of nitrogens with zero attached hydrogens (tertiary/aromatic N) is 3. The number of fused-ring (bicyclic) bond motifs is 1. The van der Waals surface area contributed by atoms with Gasteiger partial charge in [0, 0.05) is 17.6 Å². The maximum atomic E-state index is 12.5. The van der Waals surface area contributed by atoms with Crippen LogP contribution in [-0.2, 0) is 4.79 Å². The summed E-state index contributed by atoms with van der Waals surface area (Å²) >= 11 is 4.62.